The molecule has 2 aliphatic rings. The molecule has 0 amide bonds. The summed E-state index contributed by atoms with van der Waals surface area (Å²) in [6.45, 7) is 1.58. The monoisotopic (exact) mass is 436 g/mol. The predicted molar refractivity (Wildman–Crippen MR) is 118 cm³/mol. The van der Waals surface area contributed by atoms with Crippen LogP contribution in [-0.2, 0) is 9.53 Å². The van der Waals surface area contributed by atoms with Gasteiger partial charge in [-0.05, 0) is 30.7 Å². The molecule has 1 aromatic carbocycles. The van der Waals surface area contributed by atoms with E-state index in [0.29, 0.717) is 54.7 Å². The van der Waals surface area contributed by atoms with E-state index >= 15 is 0 Å². The third-order valence-corrected chi connectivity index (χ3v) is 5.18. The van der Waals surface area contributed by atoms with Gasteiger partial charge in [0.2, 0.25) is 0 Å². The van der Waals surface area contributed by atoms with E-state index < -0.39 is 0 Å². The van der Waals surface area contributed by atoms with Crippen molar-refractivity contribution in [3.63, 3.8) is 0 Å². The van der Waals surface area contributed by atoms with Crippen molar-refractivity contribution in [2.75, 3.05) is 39.2 Å². The van der Waals surface area contributed by atoms with Gasteiger partial charge in [-0.3, -0.25) is 19.6 Å². The van der Waals surface area contributed by atoms with Crippen molar-refractivity contribution in [2.45, 2.75) is 12.8 Å². The van der Waals surface area contributed by atoms with Gasteiger partial charge in [-0.1, -0.05) is 0 Å². The average molecular weight is 436 g/mol. The summed E-state index contributed by atoms with van der Waals surface area (Å²) < 4.78 is 16.2. The Bertz CT molecular complexity index is 1080. The molecule has 0 saturated carbocycles. The van der Waals surface area contributed by atoms with Gasteiger partial charge in [0.15, 0.2) is 17.3 Å². The summed E-state index contributed by atoms with van der Waals surface area (Å²) in [6.07, 6.45) is 5.46. The standard InChI is InChI=1S/C23H24N4O5/c1-30-18-8-7-16-21(22(18)32-12-4-6-20(29)31-2)26-19(27-11-10-25-23(16)27)13-17(28)15-5-3-9-24-14-15/h3,5,7-9,13-14,26H,4,6,10-12H2,1-2H3/b19-13+. The first-order chi connectivity index (χ1) is 15.6. The van der Waals surface area contributed by atoms with Crippen molar-refractivity contribution in [3.05, 3.63) is 59.7 Å². The Morgan fingerprint density at radius 1 is 1.25 bits per heavy atom. The number of allylic oxidation sites excluding steroid dienone is 1. The number of hydrogen-bond donors (Lipinski definition) is 1. The molecule has 2 aliphatic heterocycles. The maximum Gasteiger partial charge on any atom is 0.305 e. The number of carbonyl (C=O) groups is 2. The molecule has 0 radical (unpaired) electrons. The van der Waals surface area contributed by atoms with Crippen molar-refractivity contribution in [1.29, 1.82) is 0 Å². The number of ketones is 1. The lowest BCUT2D eigenvalue weighted by Crippen LogP contribution is -2.36. The number of fused-ring (bicyclic) bond motifs is 3. The quantitative estimate of drug-likeness (QED) is 0.292. The Morgan fingerprint density at radius 3 is 2.88 bits per heavy atom. The van der Waals surface area contributed by atoms with Gasteiger partial charge < -0.3 is 24.4 Å². The number of rotatable bonds is 8. The van der Waals surface area contributed by atoms with E-state index in [1.54, 1.807) is 31.5 Å². The molecule has 1 N–H and O–H groups in total. The van der Waals surface area contributed by atoms with Gasteiger partial charge in [-0.25, -0.2) is 0 Å². The minimum absolute atomic E-state index is 0.168. The van der Waals surface area contributed by atoms with E-state index in [-0.39, 0.29) is 18.2 Å². The molecular formula is C23H24N4O5. The fraction of sp³-hybridized carbons (Fsp3) is 0.304. The molecule has 0 aliphatic carbocycles. The number of methoxy groups -OCH3 is 2. The molecule has 166 valence electrons. The lowest BCUT2D eigenvalue weighted by atomic mass is 10.1. The molecular weight excluding hydrogens is 412 g/mol. The zero-order valence-electron chi connectivity index (χ0n) is 18.0. The third kappa shape index (κ3) is 4.27. The average Bonchev–Trinajstić information content (AvgIpc) is 3.32. The fourth-order valence-electron chi connectivity index (χ4n) is 3.61. The number of esters is 1. The predicted octanol–water partition coefficient (Wildman–Crippen LogP) is 2.63. The molecule has 3 heterocycles. The summed E-state index contributed by atoms with van der Waals surface area (Å²) in [5.41, 5.74) is 2.03. The number of aromatic nitrogens is 1. The van der Waals surface area contributed by atoms with E-state index in [2.05, 4.69) is 20.0 Å². The number of anilines is 1. The molecule has 9 heteroatoms. The second-order valence-electron chi connectivity index (χ2n) is 7.17. The first-order valence-corrected chi connectivity index (χ1v) is 10.3. The van der Waals surface area contributed by atoms with Crippen molar-refractivity contribution in [2.24, 2.45) is 4.99 Å². The molecule has 32 heavy (non-hydrogen) atoms. The summed E-state index contributed by atoms with van der Waals surface area (Å²) in [5, 5.41) is 3.34. The van der Waals surface area contributed by atoms with Gasteiger partial charge in [0.1, 0.15) is 11.7 Å². The smallest absolute Gasteiger partial charge is 0.305 e. The van der Waals surface area contributed by atoms with Crippen LogP contribution in [0.4, 0.5) is 5.69 Å². The van der Waals surface area contributed by atoms with E-state index in [1.165, 1.54) is 13.3 Å². The highest BCUT2D eigenvalue weighted by Gasteiger charge is 2.33. The minimum atomic E-state index is -0.288. The van der Waals surface area contributed by atoms with Gasteiger partial charge in [0.25, 0.3) is 0 Å². The molecule has 0 bridgehead atoms. The molecule has 0 saturated heterocycles. The highest BCUT2D eigenvalue weighted by atomic mass is 16.5. The Balaban J connectivity index is 1.65. The summed E-state index contributed by atoms with van der Waals surface area (Å²) in [5.74, 6) is 1.96. The van der Waals surface area contributed by atoms with Crippen LogP contribution in [0.1, 0.15) is 28.8 Å². The summed E-state index contributed by atoms with van der Waals surface area (Å²) in [4.78, 5) is 34.8. The lowest BCUT2D eigenvalue weighted by molar-refractivity contribution is -0.140. The van der Waals surface area contributed by atoms with Crippen LogP contribution in [0.5, 0.6) is 11.5 Å². The van der Waals surface area contributed by atoms with Gasteiger partial charge in [-0.2, -0.15) is 0 Å². The molecule has 0 spiro atoms. The first-order valence-electron chi connectivity index (χ1n) is 10.3. The van der Waals surface area contributed by atoms with Crippen molar-refractivity contribution in [3.8, 4) is 11.5 Å². The number of nitrogens with zero attached hydrogens (tertiary/aromatic N) is 3. The Morgan fingerprint density at radius 2 is 2.12 bits per heavy atom. The molecule has 4 rings (SSSR count). The number of benzene rings is 1. The number of nitrogens with one attached hydrogen (secondary N) is 1. The number of pyridine rings is 1. The van der Waals surface area contributed by atoms with Crippen molar-refractivity contribution < 1.29 is 23.8 Å². The third-order valence-electron chi connectivity index (χ3n) is 5.18. The van der Waals surface area contributed by atoms with Crippen molar-refractivity contribution in [1.82, 2.24) is 9.88 Å². The lowest BCUT2D eigenvalue weighted by Gasteiger charge is -2.32. The number of ether oxygens (including phenoxy) is 3. The van der Waals surface area contributed by atoms with Crippen LogP contribution in [0.2, 0.25) is 0 Å². The van der Waals surface area contributed by atoms with E-state index in [9.17, 15) is 9.59 Å². The van der Waals surface area contributed by atoms with Gasteiger partial charge in [0.05, 0.1) is 33.1 Å². The second kappa shape index (κ2) is 9.51. The zero-order valence-corrected chi connectivity index (χ0v) is 18.0. The van der Waals surface area contributed by atoms with Crippen LogP contribution in [0.3, 0.4) is 0 Å². The Hall–Kier alpha value is -3.88. The highest BCUT2D eigenvalue weighted by molar-refractivity contribution is 6.11. The molecule has 0 atom stereocenters. The topological polar surface area (TPSA) is 102 Å². The SMILES string of the molecule is COC(=O)CCCOc1c(OC)ccc2c1N/C(=C\C(=O)c1cccnc1)N1CCN=C21. The Labute approximate surface area is 185 Å². The Kier molecular flexibility index (Phi) is 6.34. The van der Waals surface area contributed by atoms with Crippen LogP contribution >= 0.6 is 0 Å². The summed E-state index contributed by atoms with van der Waals surface area (Å²) in [6, 6.07) is 7.19. The van der Waals surface area contributed by atoms with Crippen LogP contribution in [-0.4, -0.2) is 61.4 Å². The molecule has 1 aromatic heterocycles. The molecule has 0 unspecified atom stereocenters. The molecule has 2 aromatic rings. The van der Waals surface area contributed by atoms with E-state index in [0.717, 1.165) is 11.4 Å². The van der Waals surface area contributed by atoms with Gasteiger partial charge in [-0.15, -0.1) is 0 Å². The fourth-order valence-corrected chi connectivity index (χ4v) is 3.61. The molecule has 9 nitrogen and oxygen atoms in total. The first kappa shape index (κ1) is 21.4. The van der Waals surface area contributed by atoms with Crippen LogP contribution < -0.4 is 14.8 Å². The summed E-state index contributed by atoms with van der Waals surface area (Å²) >= 11 is 0. The number of hydrogen-bond acceptors (Lipinski definition) is 9. The van der Waals surface area contributed by atoms with E-state index in [1.807, 2.05) is 17.0 Å². The number of aliphatic imine (C=N–C) groups is 1. The highest BCUT2D eigenvalue weighted by Crippen LogP contribution is 2.43. The minimum Gasteiger partial charge on any atom is -0.493 e. The maximum absolute atomic E-state index is 12.8. The van der Waals surface area contributed by atoms with Crippen LogP contribution in [0.15, 0.2) is 53.5 Å². The number of amidine groups is 1. The second-order valence-corrected chi connectivity index (χ2v) is 7.17. The van der Waals surface area contributed by atoms with Crippen molar-refractivity contribution >= 4 is 23.3 Å². The number of carbonyl (C=O) groups excluding carboxylic acids is 2. The zero-order chi connectivity index (χ0) is 22.5. The maximum atomic E-state index is 12.8. The van der Waals surface area contributed by atoms with E-state index in [4.69, 9.17) is 9.47 Å². The summed E-state index contributed by atoms with van der Waals surface area (Å²) in [7, 11) is 2.92. The normalized spacial score (nSPS) is 15.4. The van der Waals surface area contributed by atoms with Crippen LogP contribution in [0, 0.1) is 0 Å². The van der Waals surface area contributed by atoms with Crippen LogP contribution in [0.25, 0.3) is 0 Å². The largest absolute Gasteiger partial charge is 0.493 e. The van der Waals surface area contributed by atoms with Gasteiger partial charge >= 0.3 is 5.97 Å². The van der Waals surface area contributed by atoms with Gasteiger partial charge in [0, 0.05) is 42.6 Å². The molecule has 0 fully saturated rings.